The summed E-state index contributed by atoms with van der Waals surface area (Å²) in [6.07, 6.45) is 6.12. The highest BCUT2D eigenvalue weighted by Gasteiger charge is 2.21. The van der Waals surface area contributed by atoms with Gasteiger partial charge in [0.2, 0.25) is 0 Å². The lowest BCUT2D eigenvalue weighted by Crippen LogP contribution is -2.22. The minimum absolute atomic E-state index is 0.168. The van der Waals surface area contributed by atoms with E-state index in [1.807, 2.05) is 12.2 Å². The first-order chi connectivity index (χ1) is 6.14. The molecule has 0 aliphatic carbocycles. The van der Waals surface area contributed by atoms with Crippen molar-refractivity contribution in [2.45, 2.75) is 19.3 Å². The second kappa shape index (κ2) is 4.77. The summed E-state index contributed by atoms with van der Waals surface area (Å²) in [6, 6.07) is 0. The minimum Gasteiger partial charge on any atom is -0.396 e. The van der Waals surface area contributed by atoms with Crippen LogP contribution >= 0.6 is 0 Å². The molecular formula is C9H16O3S. The third-order valence-corrected chi connectivity index (χ3v) is 4.02. The van der Waals surface area contributed by atoms with E-state index in [0.29, 0.717) is 23.8 Å². The van der Waals surface area contributed by atoms with Crippen LogP contribution in [0.4, 0.5) is 0 Å². The molecule has 13 heavy (non-hydrogen) atoms. The van der Waals surface area contributed by atoms with Crippen LogP contribution in [0, 0.1) is 5.92 Å². The highest BCUT2D eigenvalue weighted by atomic mass is 32.2. The zero-order chi connectivity index (χ0) is 9.73. The molecular weight excluding hydrogens is 188 g/mol. The van der Waals surface area contributed by atoms with Crippen molar-refractivity contribution in [2.75, 3.05) is 18.1 Å². The number of hydrogen-bond acceptors (Lipinski definition) is 3. The van der Waals surface area contributed by atoms with E-state index in [9.17, 15) is 8.42 Å². The number of aliphatic hydroxyl groups excluding tert-OH is 1. The summed E-state index contributed by atoms with van der Waals surface area (Å²) in [5, 5.41) is 8.53. The first-order valence-corrected chi connectivity index (χ1v) is 6.44. The van der Waals surface area contributed by atoms with Gasteiger partial charge in [0.05, 0.1) is 11.5 Å². The van der Waals surface area contributed by atoms with Crippen molar-refractivity contribution < 1.29 is 13.5 Å². The van der Waals surface area contributed by atoms with Crippen molar-refractivity contribution in [3.05, 3.63) is 12.2 Å². The van der Waals surface area contributed by atoms with Gasteiger partial charge in [0.1, 0.15) is 9.84 Å². The van der Waals surface area contributed by atoms with Crippen LogP contribution < -0.4 is 0 Å². The topological polar surface area (TPSA) is 54.4 Å². The maximum atomic E-state index is 11.1. The van der Waals surface area contributed by atoms with Crippen LogP contribution in [0.15, 0.2) is 12.2 Å². The van der Waals surface area contributed by atoms with E-state index in [2.05, 4.69) is 0 Å². The van der Waals surface area contributed by atoms with E-state index in [4.69, 9.17) is 5.11 Å². The molecule has 1 heterocycles. The largest absolute Gasteiger partial charge is 0.396 e. The minimum atomic E-state index is -2.73. The quantitative estimate of drug-likeness (QED) is 0.690. The van der Waals surface area contributed by atoms with Gasteiger partial charge in [-0.25, -0.2) is 8.42 Å². The molecule has 0 spiro atoms. The summed E-state index contributed by atoms with van der Waals surface area (Å²) in [6.45, 7) is 0.168. The Morgan fingerprint density at radius 3 is 2.46 bits per heavy atom. The Hall–Kier alpha value is -0.350. The molecule has 1 rings (SSSR count). The maximum absolute atomic E-state index is 11.1. The van der Waals surface area contributed by atoms with Crippen LogP contribution in [0.5, 0.6) is 0 Å². The zero-order valence-electron chi connectivity index (χ0n) is 7.65. The molecule has 4 heteroatoms. The fourth-order valence-electron chi connectivity index (χ4n) is 1.46. The third kappa shape index (κ3) is 3.91. The van der Waals surface area contributed by atoms with Gasteiger partial charge in [0.15, 0.2) is 0 Å². The Kier molecular flexibility index (Phi) is 3.93. The Labute approximate surface area is 79.4 Å². The third-order valence-electron chi connectivity index (χ3n) is 2.30. The lowest BCUT2D eigenvalue weighted by Gasteiger charge is -2.18. The van der Waals surface area contributed by atoms with Gasteiger partial charge in [-0.15, -0.1) is 0 Å². The van der Waals surface area contributed by atoms with Gasteiger partial charge >= 0.3 is 0 Å². The number of allylic oxidation sites excluding steroid dienone is 1. The van der Waals surface area contributed by atoms with Crippen molar-refractivity contribution in [1.82, 2.24) is 0 Å². The zero-order valence-corrected chi connectivity index (χ0v) is 8.46. The van der Waals surface area contributed by atoms with Crippen LogP contribution in [0.3, 0.4) is 0 Å². The standard InChI is InChI=1S/C9H16O3S/c10-6-2-1-3-9-4-7-13(11,12)8-5-9/h1,3,9-10H,2,4-8H2/b3-1-. The Morgan fingerprint density at radius 2 is 1.92 bits per heavy atom. The molecule has 0 unspecified atom stereocenters. The highest BCUT2D eigenvalue weighted by Crippen LogP contribution is 2.19. The Balaban J connectivity index is 2.33. The van der Waals surface area contributed by atoms with Crippen molar-refractivity contribution in [3.8, 4) is 0 Å². The maximum Gasteiger partial charge on any atom is 0.150 e. The summed E-state index contributed by atoms with van der Waals surface area (Å²) < 4.78 is 22.1. The van der Waals surface area contributed by atoms with Crippen LogP contribution in [0.2, 0.25) is 0 Å². The van der Waals surface area contributed by atoms with E-state index in [-0.39, 0.29) is 6.61 Å². The van der Waals surface area contributed by atoms with Crippen LogP contribution in [-0.4, -0.2) is 31.6 Å². The second-order valence-electron chi connectivity index (χ2n) is 3.43. The van der Waals surface area contributed by atoms with Crippen molar-refractivity contribution in [2.24, 2.45) is 5.92 Å². The van der Waals surface area contributed by atoms with Crippen LogP contribution in [0.25, 0.3) is 0 Å². The molecule has 0 radical (unpaired) electrons. The van der Waals surface area contributed by atoms with Gasteiger partial charge in [-0.3, -0.25) is 0 Å². The molecule has 1 saturated heterocycles. The first-order valence-electron chi connectivity index (χ1n) is 4.62. The second-order valence-corrected chi connectivity index (χ2v) is 5.73. The van der Waals surface area contributed by atoms with Gasteiger partial charge in [-0.2, -0.15) is 0 Å². The summed E-state index contributed by atoms with van der Waals surface area (Å²) in [7, 11) is -2.73. The number of rotatable bonds is 3. The molecule has 0 aromatic heterocycles. The van der Waals surface area contributed by atoms with Gasteiger partial charge in [0, 0.05) is 6.61 Å². The molecule has 0 bridgehead atoms. The van der Waals surface area contributed by atoms with Gasteiger partial charge in [0.25, 0.3) is 0 Å². The smallest absolute Gasteiger partial charge is 0.150 e. The summed E-state index contributed by atoms with van der Waals surface area (Å²) >= 11 is 0. The molecule has 1 N–H and O–H groups in total. The molecule has 3 nitrogen and oxygen atoms in total. The van der Waals surface area contributed by atoms with Crippen LogP contribution in [-0.2, 0) is 9.84 Å². The normalized spacial score (nSPS) is 23.8. The first kappa shape index (κ1) is 10.7. The molecule has 0 aromatic carbocycles. The summed E-state index contributed by atoms with van der Waals surface area (Å²) in [4.78, 5) is 0. The number of hydrogen-bond donors (Lipinski definition) is 1. The average molecular weight is 204 g/mol. The van der Waals surface area contributed by atoms with E-state index in [1.165, 1.54) is 0 Å². The summed E-state index contributed by atoms with van der Waals surface area (Å²) in [5.74, 6) is 1.04. The molecule has 1 aliphatic heterocycles. The molecule has 0 atom stereocenters. The average Bonchev–Trinajstić information content (AvgIpc) is 2.08. The van der Waals surface area contributed by atoms with Crippen molar-refractivity contribution in [3.63, 3.8) is 0 Å². The molecule has 0 amide bonds. The number of sulfone groups is 1. The van der Waals surface area contributed by atoms with Gasteiger partial charge in [-0.1, -0.05) is 12.2 Å². The predicted octanol–water partition coefficient (Wildman–Crippen LogP) is 0.750. The SMILES string of the molecule is O=S1(=O)CCC(/C=C\CCO)CC1. The highest BCUT2D eigenvalue weighted by molar-refractivity contribution is 7.91. The fourth-order valence-corrected chi connectivity index (χ4v) is 2.99. The van der Waals surface area contributed by atoms with E-state index in [0.717, 1.165) is 12.8 Å². The summed E-state index contributed by atoms with van der Waals surface area (Å²) in [5.41, 5.74) is 0. The monoisotopic (exact) mass is 204 g/mol. The van der Waals surface area contributed by atoms with Crippen LogP contribution in [0.1, 0.15) is 19.3 Å². The fraction of sp³-hybridized carbons (Fsp3) is 0.778. The van der Waals surface area contributed by atoms with E-state index >= 15 is 0 Å². The van der Waals surface area contributed by atoms with Crippen molar-refractivity contribution >= 4 is 9.84 Å². The molecule has 0 saturated carbocycles. The van der Waals surface area contributed by atoms with Crippen molar-refractivity contribution in [1.29, 1.82) is 0 Å². The Morgan fingerprint density at radius 1 is 1.31 bits per heavy atom. The molecule has 76 valence electrons. The molecule has 1 fully saturated rings. The molecule has 1 aliphatic rings. The van der Waals surface area contributed by atoms with E-state index < -0.39 is 9.84 Å². The van der Waals surface area contributed by atoms with Gasteiger partial charge in [-0.05, 0) is 25.2 Å². The van der Waals surface area contributed by atoms with Gasteiger partial charge < -0.3 is 5.11 Å². The number of aliphatic hydroxyl groups is 1. The Bertz CT molecular complexity index is 253. The van der Waals surface area contributed by atoms with E-state index in [1.54, 1.807) is 0 Å². The lowest BCUT2D eigenvalue weighted by atomic mass is 10.0. The lowest BCUT2D eigenvalue weighted by molar-refractivity contribution is 0.302. The molecule has 0 aromatic rings. The predicted molar refractivity (Wildman–Crippen MR) is 52.2 cm³/mol.